The van der Waals surface area contributed by atoms with Gasteiger partial charge in [0.05, 0.1) is 6.61 Å². The van der Waals surface area contributed by atoms with Crippen molar-refractivity contribution in [3.05, 3.63) is 59.3 Å². The van der Waals surface area contributed by atoms with Gasteiger partial charge < -0.3 is 10.0 Å². The standard InChI is InChI=1S/C17H22N2O/c1-3-16-11-15(13-20)12-17(18-16)19(2)10-9-14-7-5-4-6-8-14/h4-8,11-12,20H,3,9-10,13H2,1-2H3. The fourth-order valence-corrected chi connectivity index (χ4v) is 2.16. The molecule has 3 nitrogen and oxygen atoms in total. The van der Waals surface area contributed by atoms with Crippen molar-refractivity contribution in [2.24, 2.45) is 0 Å². The molecule has 3 heteroatoms. The molecule has 1 aromatic heterocycles. The van der Waals surface area contributed by atoms with Gasteiger partial charge in [0.1, 0.15) is 5.82 Å². The lowest BCUT2D eigenvalue weighted by Crippen LogP contribution is -2.22. The van der Waals surface area contributed by atoms with E-state index in [1.807, 2.05) is 25.2 Å². The molecule has 0 aliphatic rings. The molecule has 1 aromatic carbocycles. The smallest absolute Gasteiger partial charge is 0.128 e. The summed E-state index contributed by atoms with van der Waals surface area (Å²) < 4.78 is 0. The van der Waals surface area contributed by atoms with E-state index in [1.54, 1.807) is 0 Å². The Hall–Kier alpha value is -1.87. The highest BCUT2D eigenvalue weighted by Crippen LogP contribution is 2.15. The minimum Gasteiger partial charge on any atom is -0.392 e. The second-order valence-electron chi connectivity index (χ2n) is 4.99. The lowest BCUT2D eigenvalue weighted by molar-refractivity contribution is 0.281. The molecule has 0 spiro atoms. The van der Waals surface area contributed by atoms with E-state index >= 15 is 0 Å². The van der Waals surface area contributed by atoms with Crippen molar-refractivity contribution < 1.29 is 5.11 Å². The van der Waals surface area contributed by atoms with Gasteiger partial charge in [0.25, 0.3) is 0 Å². The van der Waals surface area contributed by atoms with Crippen LogP contribution in [0.25, 0.3) is 0 Å². The highest BCUT2D eigenvalue weighted by atomic mass is 16.3. The summed E-state index contributed by atoms with van der Waals surface area (Å²) in [6.07, 6.45) is 1.87. The first kappa shape index (κ1) is 14.5. The lowest BCUT2D eigenvalue weighted by atomic mass is 10.1. The normalized spacial score (nSPS) is 10.6. The number of hydrogen-bond donors (Lipinski definition) is 1. The summed E-state index contributed by atoms with van der Waals surface area (Å²) in [7, 11) is 2.05. The number of pyridine rings is 1. The number of anilines is 1. The van der Waals surface area contributed by atoms with E-state index in [2.05, 4.69) is 41.1 Å². The number of aryl methyl sites for hydroxylation is 1. The summed E-state index contributed by atoms with van der Waals surface area (Å²) in [5.41, 5.74) is 3.28. The minimum absolute atomic E-state index is 0.0645. The van der Waals surface area contributed by atoms with Gasteiger partial charge in [-0.3, -0.25) is 0 Å². The number of benzene rings is 1. The van der Waals surface area contributed by atoms with Gasteiger partial charge in [-0.05, 0) is 36.1 Å². The maximum atomic E-state index is 9.33. The number of hydrogen-bond acceptors (Lipinski definition) is 3. The van der Waals surface area contributed by atoms with Gasteiger partial charge in [-0.15, -0.1) is 0 Å². The molecular formula is C17H22N2O. The molecule has 0 bridgehead atoms. The Morgan fingerprint density at radius 3 is 2.50 bits per heavy atom. The largest absolute Gasteiger partial charge is 0.392 e. The van der Waals surface area contributed by atoms with Gasteiger partial charge in [0, 0.05) is 19.3 Å². The first-order chi connectivity index (χ1) is 9.72. The van der Waals surface area contributed by atoms with E-state index in [0.717, 1.165) is 36.5 Å². The molecule has 1 N–H and O–H groups in total. The molecular weight excluding hydrogens is 248 g/mol. The van der Waals surface area contributed by atoms with Gasteiger partial charge in [-0.2, -0.15) is 0 Å². The number of nitrogens with zero attached hydrogens (tertiary/aromatic N) is 2. The number of rotatable bonds is 6. The minimum atomic E-state index is 0.0645. The first-order valence-electron chi connectivity index (χ1n) is 7.08. The van der Waals surface area contributed by atoms with Crippen LogP contribution in [-0.4, -0.2) is 23.7 Å². The molecule has 20 heavy (non-hydrogen) atoms. The summed E-state index contributed by atoms with van der Waals surface area (Å²) in [5, 5.41) is 9.33. The van der Waals surface area contributed by atoms with Crippen LogP contribution in [0.15, 0.2) is 42.5 Å². The Labute approximate surface area is 120 Å². The van der Waals surface area contributed by atoms with Crippen LogP contribution in [0.2, 0.25) is 0 Å². The lowest BCUT2D eigenvalue weighted by Gasteiger charge is -2.19. The fourth-order valence-electron chi connectivity index (χ4n) is 2.16. The molecule has 0 amide bonds. The SMILES string of the molecule is CCc1cc(CO)cc(N(C)CCc2ccccc2)n1. The molecule has 106 valence electrons. The Bertz CT molecular complexity index is 518. The molecule has 0 saturated carbocycles. The molecule has 0 atom stereocenters. The zero-order chi connectivity index (χ0) is 14.4. The molecule has 1 heterocycles. The van der Waals surface area contributed by atoms with Gasteiger partial charge in [0.2, 0.25) is 0 Å². The number of aliphatic hydroxyl groups is 1. The first-order valence-corrected chi connectivity index (χ1v) is 7.08. The van der Waals surface area contributed by atoms with E-state index < -0.39 is 0 Å². The monoisotopic (exact) mass is 270 g/mol. The molecule has 0 radical (unpaired) electrons. The van der Waals surface area contributed by atoms with Crippen LogP contribution in [0.1, 0.15) is 23.7 Å². The summed E-state index contributed by atoms with van der Waals surface area (Å²) in [6, 6.07) is 14.4. The molecule has 2 aromatic rings. The van der Waals surface area contributed by atoms with Crippen molar-refractivity contribution >= 4 is 5.82 Å². The molecule has 2 rings (SSSR count). The summed E-state index contributed by atoms with van der Waals surface area (Å²) in [6.45, 7) is 3.06. The van der Waals surface area contributed by atoms with E-state index in [0.29, 0.717) is 0 Å². The predicted octanol–water partition coefficient (Wildman–Crippen LogP) is 2.82. The third-order valence-corrected chi connectivity index (χ3v) is 3.44. The van der Waals surface area contributed by atoms with Crippen molar-refractivity contribution in [2.75, 3.05) is 18.5 Å². The molecule has 0 aliphatic carbocycles. The quantitative estimate of drug-likeness (QED) is 0.877. The zero-order valence-corrected chi connectivity index (χ0v) is 12.2. The topological polar surface area (TPSA) is 36.4 Å². The molecule has 0 saturated heterocycles. The van der Waals surface area contributed by atoms with Crippen LogP contribution >= 0.6 is 0 Å². The number of aromatic nitrogens is 1. The average Bonchev–Trinajstić information content (AvgIpc) is 2.52. The van der Waals surface area contributed by atoms with Gasteiger partial charge >= 0.3 is 0 Å². The van der Waals surface area contributed by atoms with E-state index in [-0.39, 0.29) is 6.61 Å². The summed E-state index contributed by atoms with van der Waals surface area (Å²) in [5.74, 6) is 0.935. The van der Waals surface area contributed by atoms with E-state index in [1.165, 1.54) is 5.56 Å². The van der Waals surface area contributed by atoms with Crippen molar-refractivity contribution in [1.29, 1.82) is 0 Å². The fraction of sp³-hybridized carbons (Fsp3) is 0.353. The van der Waals surface area contributed by atoms with Crippen molar-refractivity contribution in [3.63, 3.8) is 0 Å². The highest BCUT2D eigenvalue weighted by Gasteiger charge is 2.06. The van der Waals surface area contributed by atoms with E-state index in [4.69, 9.17) is 0 Å². The van der Waals surface area contributed by atoms with Crippen molar-refractivity contribution in [3.8, 4) is 0 Å². The van der Waals surface area contributed by atoms with Gasteiger partial charge in [0.15, 0.2) is 0 Å². The summed E-state index contributed by atoms with van der Waals surface area (Å²) in [4.78, 5) is 6.77. The van der Waals surface area contributed by atoms with Crippen LogP contribution in [-0.2, 0) is 19.4 Å². The maximum absolute atomic E-state index is 9.33. The van der Waals surface area contributed by atoms with Crippen LogP contribution in [0.5, 0.6) is 0 Å². The van der Waals surface area contributed by atoms with Gasteiger partial charge in [-0.25, -0.2) is 4.98 Å². The third-order valence-electron chi connectivity index (χ3n) is 3.44. The number of likely N-dealkylation sites (N-methyl/N-ethyl adjacent to an activating group) is 1. The van der Waals surface area contributed by atoms with Gasteiger partial charge in [-0.1, -0.05) is 37.3 Å². The van der Waals surface area contributed by atoms with Crippen LogP contribution in [0.3, 0.4) is 0 Å². The molecule has 0 unspecified atom stereocenters. The van der Waals surface area contributed by atoms with Crippen LogP contribution < -0.4 is 4.90 Å². The third kappa shape index (κ3) is 3.81. The highest BCUT2D eigenvalue weighted by molar-refractivity contribution is 5.42. The zero-order valence-electron chi connectivity index (χ0n) is 12.2. The Kier molecular flexibility index (Phi) is 5.13. The Morgan fingerprint density at radius 2 is 1.85 bits per heavy atom. The van der Waals surface area contributed by atoms with Crippen molar-refractivity contribution in [2.45, 2.75) is 26.4 Å². The second kappa shape index (κ2) is 7.06. The van der Waals surface area contributed by atoms with Crippen molar-refractivity contribution in [1.82, 2.24) is 4.98 Å². The van der Waals surface area contributed by atoms with Crippen LogP contribution in [0.4, 0.5) is 5.82 Å². The number of aliphatic hydroxyl groups excluding tert-OH is 1. The summed E-state index contributed by atoms with van der Waals surface area (Å²) >= 11 is 0. The Morgan fingerprint density at radius 1 is 1.10 bits per heavy atom. The van der Waals surface area contributed by atoms with E-state index in [9.17, 15) is 5.11 Å². The Balaban J connectivity index is 2.06. The predicted molar refractivity (Wildman–Crippen MR) is 83.0 cm³/mol. The molecule has 0 aliphatic heterocycles. The van der Waals surface area contributed by atoms with Crippen LogP contribution in [0, 0.1) is 0 Å². The molecule has 0 fully saturated rings. The maximum Gasteiger partial charge on any atom is 0.128 e. The second-order valence-corrected chi connectivity index (χ2v) is 4.99. The average molecular weight is 270 g/mol.